The minimum Gasteiger partial charge on any atom is -0.387 e. The molecule has 1 aromatic rings. The molecule has 0 aromatic carbocycles. The van der Waals surface area contributed by atoms with Crippen LogP contribution in [-0.2, 0) is 4.74 Å². The summed E-state index contributed by atoms with van der Waals surface area (Å²) in [4.78, 5) is 4.21. The van der Waals surface area contributed by atoms with Crippen LogP contribution in [-0.4, -0.2) is 37.0 Å². The number of nitrogens with zero attached hydrogens (tertiary/aromatic N) is 1. The van der Waals surface area contributed by atoms with Gasteiger partial charge in [-0.3, -0.25) is 4.98 Å². The van der Waals surface area contributed by atoms with Crippen molar-refractivity contribution >= 4 is 11.9 Å². The molecule has 0 saturated heterocycles. The number of rotatable bonds is 7. The molecule has 0 spiro atoms. The molecule has 5 nitrogen and oxygen atoms in total. The molecule has 1 aliphatic carbocycles. The zero-order valence-electron chi connectivity index (χ0n) is 14.5. The van der Waals surface area contributed by atoms with Crippen molar-refractivity contribution in [2.45, 2.75) is 51.2 Å². The quantitative estimate of drug-likeness (QED) is 0.533. The Labute approximate surface area is 139 Å². The lowest BCUT2D eigenvalue weighted by atomic mass is 9.70. The van der Waals surface area contributed by atoms with Crippen LogP contribution in [0.2, 0.25) is 0 Å². The Hall–Kier alpha value is -1.46. The molecule has 5 heteroatoms. The van der Waals surface area contributed by atoms with Gasteiger partial charge in [0.2, 0.25) is 0 Å². The molecule has 0 radical (unpaired) electrons. The van der Waals surface area contributed by atoms with Crippen molar-refractivity contribution in [3.63, 3.8) is 0 Å². The second-order valence-electron chi connectivity index (χ2n) is 6.78. The van der Waals surface area contributed by atoms with Crippen LogP contribution in [0.25, 0.3) is 0 Å². The Morgan fingerprint density at radius 3 is 2.91 bits per heavy atom. The standard InChI is InChI=1S/C18H30N4O/c1-12(2)15-9-13(14-5-7-22-11-17(14)21-3)10-16(20)18(15)23-8-4-6-19/h5-7,11-13,15-16,18-19,21H,4,8-10,20H2,1-3H3. The Morgan fingerprint density at radius 2 is 2.26 bits per heavy atom. The fourth-order valence-electron chi connectivity index (χ4n) is 3.72. The van der Waals surface area contributed by atoms with Crippen molar-refractivity contribution in [3.05, 3.63) is 24.0 Å². The Bertz CT molecular complexity index is 506. The largest absolute Gasteiger partial charge is 0.387 e. The molecule has 1 heterocycles. The molecule has 1 saturated carbocycles. The van der Waals surface area contributed by atoms with Gasteiger partial charge in [0.1, 0.15) is 0 Å². The zero-order valence-corrected chi connectivity index (χ0v) is 14.5. The highest BCUT2D eigenvalue weighted by Crippen LogP contribution is 2.42. The number of anilines is 1. The van der Waals surface area contributed by atoms with Gasteiger partial charge >= 0.3 is 0 Å². The van der Waals surface area contributed by atoms with E-state index in [1.165, 1.54) is 11.8 Å². The number of hydrogen-bond acceptors (Lipinski definition) is 5. The van der Waals surface area contributed by atoms with Gasteiger partial charge in [-0.1, -0.05) is 13.8 Å². The maximum Gasteiger partial charge on any atom is 0.0757 e. The predicted molar refractivity (Wildman–Crippen MR) is 95.2 cm³/mol. The van der Waals surface area contributed by atoms with Gasteiger partial charge < -0.3 is 21.2 Å². The fraction of sp³-hybridized carbons (Fsp3) is 0.667. The summed E-state index contributed by atoms with van der Waals surface area (Å²) in [6.07, 6.45) is 7.90. The molecule has 0 aliphatic heterocycles. The first-order valence-electron chi connectivity index (χ1n) is 8.56. The maximum atomic E-state index is 7.15. The summed E-state index contributed by atoms with van der Waals surface area (Å²) in [6.45, 7) is 5.09. The van der Waals surface area contributed by atoms with E-state index >= 15 is 0 Å². The van der Waals surface area contributed by atoms with Crippen LogP contribution in [0.1, 0.15) is 44.6 Å². The summed E-state index contributed by atoms with van der Waals surface area (Å²) in [5.74, 6) is 1.39. The SMILES string of the molecule is CNc1cnccc1C1CC(N)C(OCCC=N)C(C(C)C)C1. The van der Waals surface area contributed by atoms with Crippen LogP contribution in [0.4, 0.5) is 5.69 Å². The van der Waals surface area contributed by atoms with E-state index in [9.17, 15) is 0 Å². The average Bonchev–Trinajstić information content (AvgIpc) is 2.55. The summed E-state index contributed by atoms with van der Waals surface area (Å²) in [6, 6.07) is 2.14. The normalized spacial score (nSPS) is 27.9. The van der Waals surface area contributed by atoms with Crippen LogP contribution in [0.3, 0.4) is 0 Å². The Morgan fingerprint density at radius 1 is 1.48 bits per heavy atom. The molecule has 4 N–H and O–H groups in total. The molecular weight excluding hydrogens is 288 g/mol. The summed E-state index contributed by atoms with van der Waals surface area (Å²) < 4.78 is 6.05. The van der Waals surface area contributed by atoms with E-state index < -0.39 is 0 Å². The van der Waals surface area contributed by atoms with E-state index in [4.69, 9.17) is 15.9 Å². The number of ether oxygens (including phenoxy) is 1. The highest BCUT2D eigenvalue weighted by molar-refractivity contribution is 5.52. The molecule has 0 amide bonds. The third-order valence-corrected chi connectivity index (χ3v) is 4.95. The minimum atomic E-state index is 0.0322. The molecule has 23 heavy (non-hydrogen) atoms. The zero-order chi connectivity index (χ0) is 16.8. The van der Waals surface area contributed by atoms with Crippen LogP contribution >= 0.6 is 0 Å². The number of nitrogens with two attached hydrogens (primary N) is 1. The monoisotopic (exact) mass is 318 g/mol. The third-order valence-electron chi connectivity index (χ3n) is 4.95. The number of nitrogens with one attached hydrogen (secondary N) is 2. The van der Waals surface area contributed by atoms with Gasteiger partial charge in [-0.15, -0.1) is 0 Å². The fourth-order valence-corrected chi connectivity index (χ4v) is 3.72. The van der Waals surface area contributed by atoms with Crippen LogP contribution < -0.4 is 11.1 Å². The molecule has 4 atom stereocenters. The van der Waals surface area contributed by atoms with Gasteiger partial charge in [0, 0.05) is 25.7 Å². The van der Waals surface area contributed by atoms with E-state index in [0.29, 0.717) is 30.8 Å². The van der Waals surface area contributed by atoms with Crippen LogP contribution in [0.15, 0.2) is 18.5 Å². The lowest BCUT2D eigenvalue weighted by Gasteiger charge is -2.42. The van der Waals surface area contributed by atoms with E-state index in [-0.39, 0.29) is 12.1 Å². The van der Waals surface area contributed by atoms with E-state index in [1.54, 1.807) is 0 Å². The van der Waals surface area contributed by atoms with Gasteiger partial charge in [0.25, 0.3) is 0 Å². The highest BCUT2D eigenvalue weighted by atomic mass is 16.5. The van der Waals surface area contributed by atoms with Gasteiger partial charge in [0.05, 0.1) is 24.6 Å². The van der Waals surface area contributed by atoms with Crippen molar-refractivity contribution in [2.24, 2.45) is 17.6 Å². The number of aromatic nitrogens is 1. The summed E-state index contributed by atoms with van der Waals surface area (Å²) in [5.41, 5.74) is 8.89. The van der Waals surface area contributed by atoms with Crippen molar-refractivity contribution in [2.75, 3.05) is 19.0 Å². The summed E-state index contributed by atoms with van der Waals surface area (Å²) >= 11 is 0. The first-order valence-corrected chi connectivity index (χ1v) is 8.56. The molecule has 1 aromatic heterocycles. The lowest BCUT2D eigenvalue weighted by molar-refractivity contribution is -0.0396. The molecular formula is C18H30N4O. The summed E-state index contributed by atoms with van der Waals surface area (Å²) in [5, 5.41) is 10.4. The second kappa shape index (κ2) is 8.41. The number of pyridine rings is 1. The first-order chi connectivity index (χ1) is 11.1. The van der Waals surface area contributed by atoms with Gasteiger partial charge in [0.15, 0.2) is 0 Å². The molecule has 0 bridgehead atoms. The smallest absolute Gasteiger partial charge is 0.0757 e. The highest BCUT2D eigenvalue weighted by Gasteiger charge is 2.39. The maximum absolute atomic E-state index is 7.15. The van der Waals surface area contributed by atoms with Crippen molar-refractivity contribution in [1.29, 1.82) is 5.41 Å². The molecule has 2 rings (SSSR count). The van der Waals surface area contributed by atoms with Crippen molar-refractivity contribution < 1.29 is 4.74 Å². The Kier molecular flexibility index (Phi) is 6.54. The van der Waals surface area contributed by atoms with E-state index in [1.807, 2.05) is 19.4 Å². The lowest BCUT2D eigenvalue weighted by Crippen LogP contribution is -2.49. The molecule has 1 aliphatic rings. The average molecular weight is 318 g/mol. The van der Waals surface area contributed by atoms with Crippen LogP contribution in [0.5, 0.6) is 0 Å². The summed E-state index contributed by atoms with van der Waals surface area (Å²) in [7, 11) is 1.94. The van der Waals surface area contributed by atoms with E-state index in [0.717, 1.165) is 18.5 Å². The molecule has 128 valence electrons. The van der Waals surface area contributed by atoms with Crippen molar-refractivity contribution in [3.8, 4) is 0 Å². The Balaban J connectivity index is 2.16. The van der Waals surface area contributed by atoms with Gasteiger partial charge in [-0.25, -0.2) is 0 Å². The molecule has 4 unspecified atom stereocenters. The predicted octanol–water partition coefficient (Wildman–Crippen LogP) is 3.03. The van der Waals surface area contributed by atoms with Crippen molar-refractivity contribution in [1.82, 2.24) is 4.98 Å². The number of hydrogen-bond donors (Lipinski definition) is 3. The van der Waals surface area contributed by atoms with Crippen LogP contribution in [0, 0.1) is 17.2 Å². The third kappa shape index (κ3) is 4.30. The minimum absolute atomic E-state index is 0.0322. The van der Waals surface area contributed by atoms with Gasteiger partial charge in [-0.05, 0) is 48.4 Å². The topological polar surface area (TPSA) is 84.0 Å². The van der Waals surface area contributed by atoms with Gasteiger partial charge in [-0.2, -0.15) is 0 Å². The second-order valence-corrected chi connectivity index (χ2v) is 6.78. The first kappa shape index (κ1) is 17.9. The van der Waals surface area contributed by atoms with E-state index in [2.05, 4.69) is 30.2 Å². The molecule has 1 fully saturated rings.